The third kappa shape index (κ3) is 1.69. The monoisotopic (exact) mass is 230 g/mol. The minimum absolute atomic E-state index is 0.600. The second-order valence-electron chi connectivity index (χ2n) is 2.56. The van der Waals surface area contributed by atoms with E-state index in [1.807, 2.05) is 0 Å². The third-order valence-corrected chi connectivity index (χ3v) is 3.70. The minimum Gasteiger partial charge on any atom is -0.301 e. The van der Waals surface area contributed by atoms with Gasteiger partial charge in [-0.25, -0.2) is 8.42 Å². The van der Waals surface area contributed by atoms with Crippen molar-refractivity contribution < 1.29 is 8.42 Å². The van der Waals surface area contributed by atoms with E-state index in [4.69, 9.17) is 22.5 Å². The summed E-state index contributed by atoms with van der Waals surface area (Å²) in [6.45, 7) is 1.66. The van der Waals surface area contributed by atoms with E-state index < -0.39 is 14.4 Å². The smallest absolute Gasteiger partial charge is 0.255 e. The number of rotatable bonds is 1. The van der Waals surface area contributed by atoms with Gasteiger partial charge in [0.1, 0.15) is 0 Å². The number of halogens is 2. The van der Waals surface area contributed by atoms with Crippen LogP contribution >= 0.6 is 22.5 Å². The average molecular weight is 231 g/mol. The summed E-state index contributed by atoms with van der Waals surface area (Å²) in [6, 6.07) is 0. The molecule has 0 fully saturated rings. The molecular weight excluding hydrogens is 223 g/mol. The van der Waals surface area contributed by atoms with E-state index in [0.29, 0.717) is 5.57 Å². The van der Waals surface area contributed by atoms with E-state index in [2.05, 4.69) is 0 Å². The molecule has 1 heterocycles. The highest BCUT2D eigenvalue weighted by atomic mass is 35.7. The minimum atomic E-state index is -3.68. The van der Waals surface area contributed by atoms with Crippen molar-refractivity contribution in [3.8, 4) is 0 Å². The van der Waals surface area contributed by atoms with Gasteiger partial charge in [0.2, 0.25) is 0 Å². The molecule has 1 aliphatic rings. The molecule has 0 N–H and O–H groups in total. The first-order valence-corrected chi connectivity index (χ1v) is 5.84. The molecule has 70 valence electrons. The first-order valence-electron chi connectivity index (χ1n) is 3.13. The Labute approximate surface area is 80.8 Å². The summed E-state index contributed by atoms with van der Waals surface area (Å²) in [5.41, 5.74) is 0.600. The maximum atomic E-state index is 11.0. The normalized spacial score (nSPS) is 26.2. The highest BCUT2D eigenvalue weighted by Gasteiger charge is 2.37. The third-order valence-electron chi connectivity index (χ3n) is 1.54. The Bertz CT molecular complexity index is 313. The van der Waals surface area contributed by atoms with Crippen molar-refractivity contribution in [1.29, 1.82) is 0 Å². The molecule has 0 aromatic carbocycles. The second kappa shape index (κ2) is 3.06. The van der Waals surface area contributed by atoms with Gasteiger partial charge >= 0.3 is 0 Å². The summed E-state index contributed by atoms with van der Waals surface area (Å²) in [4.78, 5) is 0. The van der Waals surface area contributed by atoms with Gasteiger partial charge in [0.25, 0.3) is 9.05 Å². The lowest BCUT2D eigenvalue weighted by Gasteiger charge is -2.21. The first kappa shape index (κ1) is 10.1. The fourth-order valence-electron chi connectivity index (χ4n) is 1.07. The van der Waals surface area contributed by atoms with Crippen LogP contribution in [0.3, 0.4) is 0 Å². The van der Waals surface area contributed by atoms with Crippen LogP contribution in [0.2, 0.25) is 0 Å². The van der Waals surface area contributed by atoms with E-state index in [9.17, 15) is 8.42 Å². The van der Waals surface area contributed by atoms with Crippen LogP contribution in [0.1, 0.15) is 6.92 Å². The van der Waals surface area contributed by atoms with Crippen LogP contribution in [0.4, 0.5) is 0 Å². The molecule has 0 aliphatic carbocycles. The SMILES string of the molecule is CC1=CN(C)N(Cl)C1S(=O)(=O)Cl. The van der Waals surface area contributed by atoms with Crippen molar-refractivity contribution in [3.63, 3.8) is 0 Å². The van der Waals surface area contributed by atoms with Crippen LogP contribution in [0.15, 0.2) is 11.8 Å². The Morgan fingerprint density at radius 3 is 2.25 bits per heavy atom. The largest absolute Gasteiger partial charge is 0.301 e. The zero-order valence-corrected chi connectivity index (χ0v) is 8.86. The molecule has 0 amide bonds. The van der Waals surface area contributed by atoms with E-state index in [1.165, 1.54) is 5.01 Å². The summed E-state index contributed by atoms with van der Waals surface area (Å²) in [5, 5.41) is 0.507. The molecule has 1 unspecified atom stereocenters. The first-order chi connectivity index (χ1) is 5.34. The van der Waals surface area contributed by atoms with E-state index in [1.54, 1.807) is 20.2 Å². The van der Waals surface area contributed by atoms with Crippen molar-refractivity contribution in [1.82, 2.24) is 9.54 Å². The Balaban J connectivity index is 3.03. The van der Waals surface area contributed by atoms with Crippen molar-refractivity contribution in [2.24, 2.45) is 0 Å². The molecule has 0 radical (unpaired) electrons. The van der Waals surface area contributed by atoms with Crippen LogP contribution in [0, 0.1) is 0 Å². The lowest BCUT2D eigenvalue weighted by Crippen LogP contribution is -2.34. The Kier molecular flexibility index (Phi) is 2.58. The summed E-state index contributed by atoms with van der Waals surface area (Å²) in [7, 11) is 3.13. The second-order valence-corrected chi connectivity index (χ2v) is 5.60. The van der Waals surface area contributed by atoms with Gasteiger partial charge in [-0.1, -0.05) is 0 Å². The summed E-state index contributed by atoms with van der Waals surface area (Å²) in [5.74, 6) is 0. The fraction of sp³-hybridized carbons (Fsp3) is 0.600. The van der Waals surface area contributed by atoms with Gasteiger partial charge in [-0.05, 0) is 12.5 Å². The highest BCUT2D eigenvalue weighted by molar-refractivity contribution is 8.14. The van der Waals surface area contributed by atoms with Crippen LogP contribution in [0.25, 0.3) is 0 Å². The van der Waals surface area contributed by atoms with E-state index in [-0.39, 0.29) is 0 Å². The Hall–Kier alpha value is 0.0300. The average Bonchev–Trinajstić information content (AvgIpc) is 2.05. The van der Waals surface area contributed by atoms with Gasteiger partial charge in [0.05, 0.1) is 0 Å². The van der Waals surface area contributed by atoms with Gasteiger partial charge in [0.15, 0.2) is 5.37 Å². The predicted octanol–water partition coefficient (Wildman–Crippen LogP) is 1.10. The molecular formula is C5H8Cl2N2O2S. The van der Waals surface area contributed by atoms with Crippen LogP contribution < -0.4 is 0 Å². The van der Waals surface area contributed by atoms with Crippen molar-refractivity contribution in [3.05, 3.63) is 11.8 Å². The lowest BCUT2D eigenvalue weighted by atomic mass is 10.3. The molecule has 1 aliphatic heterocycles. The van der Waals surface area contributed by atoms with Crippen LogP contribution in [-0.2, 0) is 9.05 Å². The van der Waals surface area contributed by atoms with Crippen molar-refractivity contribution in [2.75, 3.05) is 7.05 Å². The zero-order chi connectivity index (χ0) is 9.52. The number of hydrazine groups is 1. The Morgan fingerprint density at radius 1 is 1.58 bits per heavy atom. The van der Waals surface area contributed by atoms with Gasteiger partial charge in [-0.15, -0.1) is 4.53 Å². The molecule has 12 heavy (non-hydrogen) atoms. The van der Waals surface area contributed by atoms with E-state index >= 15 is 0 Å². The quantitative estimate of drug-likeness (QED) is 0.500. The molecule has 0 saturated carbocycles. The van der Waals surface area contributed by atoms with E-state index in [0.717, 1.165) is 4.53 Å². The highest BCUT2D eigenvalue weighted by Crippen LogP contribution is 2.29. The topological polar surface area (TPSA) is 40.6 Å². The fourth-order valence-corrected chi connectivity index (χ4v) is 3.22. The van der Waals surface area contributed by atoms with Gasteiger partial charge in [-0.2, -0.15) is 0 Å². The maximum Gasteiger partial charge on any atom is 0.255 e. The van der Waals surface area contributed by atoms with Crippen molar-refractivity contribution >= 4 is 31.5 Å². The Morgan fingerprint density at radius 2 is 2.08 bits per heavy atom. The molecule has 1 atom stereocenters. The zero-order valence-electron chi connectivity index (χ0n) is 6.53. The lowest BCUT2D eigenvalue weighted by molar-refractivity contribution is 0.185. The molecule has 0 saturated heterocycles. The summed E-state index contributed by atoms with van der Waals surface area (Å²) < 4.78 is 23.0. The molecule has 1 rings (SSSR count). The standard InChI is InChI=1S/C5H8Cl2N2O2S/c1-4-3-8(2)9(6)5(4)12(7,10)11/h3,5H,1-2H3. The molecule has 0 aromatic heterocycles. The number of hydrogen-bond acceptors (Lipinski definition) is 4. The molecule has 0 bridgehead atoms. The van der Waals surface area contributed by atoms with Gasteiger partial charge < -0.3 is 5.01 Å². The molecule has 7 heteroatoms. The molecule has 0 aromatic rings. The van der Waals surface area contributed by atoms with Crippen molar-refractivity contribution in [2.45, 2.75) is 12.3 Å². The predicted molar refractivity (Wildman–Crippen MR) is 47.8 cm³/mol. The maximum absolute atomic E-state index is 11.0. The number of nitrogens with zero attached hydrogens (tertiary/aromatic N) is 2. The van der Waals surface area contributed by atoms with Gasteiger partial charge in [-0.3, -0.25) is 0 Å². The van der Waals surface area contributed by atoms with Crippen LogP contribution in [-0.4, -0.2) is 30.4 Å². The molecule has 0 spiro atoms. The van der Waals surface area contributed by atoms with Gasteiger partial charge in [0, 0.05) is 35.7 Å². The summed E-state index contributed by atoms with van der Waals surface area (Å²) >= 11 is 5.65. The molecule has 4 nitrogen and oxygen atoms in total. The summed E-state index contributed by atoms with van der Waals surface area (Å²) in [6.07, 6.45) is 1.61. The van der Waals surface area contributed by atoms with Crippen LogP contribution in [0.5, 0.6) is 0 Å². The number of hydrogen-bond donors (Lipinski definition) is 0.